The molecule has 3 aromatic carbocycles. The van der Waals surface area contributed by atoms with Crippen molar-refractivity contribution < 1.29 is 17.9 Å². The van der Waals surface area contributed by atoms with Crippen LogP contribution in [-0.2, 0) is 12.7 Å². The number of hydrogen-bond acceptors (Lipinski definition) is 5. The number of alkyl halides is 3. The van der Waals surface area contributed by atoms with Gasteiger partial charge in [0.15, 0.2) is 0 Å². The number of rotatable bonds is 6. The molecule has 0 spiro atoms. The number of hydrogen-bond donors (Lipinski definition) is 1. The van der Waals surface area contributed by atoms with Crippen LogP contribution in [0.3, 0.4) is 0 Å². The Morgan fingerprint density at radius 3 is 2.42 bits per heavy atom. The Balaban J connectivity index is 1.20. The lowest BCUT2D eigenvalue weighted by Crippen LogP contribution is -2.45. The van der Waals surface area contributed by atoms with E-state index in [1.165, 1.54) is 23.5 Å². The number of piperazine rings is 1. The van der Waals surface area contributed by atoms with Gasteiger partial charge in [-0.2, -0.15) is 13.2 Å². The standard InChI is InChI=1S/C28H27F3N4O/c1-36-24-4-2-3-23(18-24)35-15-13-34(14-16-35)19-20-5-8-22(9-6-20)33-26-11-12-32-27-17-21(28(29,30)31)7-10-25(26)27/h2-12,17-18H,13-16,19H2,1H3,(H,32,33). The van der Waals surface area contributed by atoms with E-state index in [0.29, 0.717) is 10.9 Å². The SMILES string of the molecule is COc1cccc(N2CCN(Cc3ccc(Nc4ccnc5cc(C(F)(F)F)ccc45)cc3)CC2)c1. The van der Waals surface area contributed by atoms with Crippen molar-refractivity contribution in [1.29, 1.82) is 0 Å². The molecule has 1 aliphatic rings. The molecule has 5 rings (SSSR count). The molecular weight excluding hydrogens is 465 g/mol. The van der Waals surface area contributed by atoms with Crippen molar-refractivity contribution in [2.75, 3.05) is 43.5 Å². The molecular formula is C28H27F3N4O. The summed E-state index contributed by atoms with van der Waals surface area (Å²) in [7, 11) is 1.68. The molecule has 0 radical (unpaired) electrons. The second-order valence-corrected chi connectivity index (χ2v) is 8.87. The molecule has 2 heterocycles. The van der Waals surface area contributed by atoms with Gasteiger partial charge >= 0.3 is 6.18 Å². The number of anilines is 3. The maximum Gasteiger partial charge on any atom is 0.416 e. The van der Waals surface area contributed by atoms with E-state index in [2.05, 4.69) is 44.4 Å². The lowest BCUT2D eigenvalue weighted by atomic mass is 10.1. The van der Waals surface area contributed by atoms with E-state index in [1.807, 2.05) is 24.3 Å². The minimum absolute atomic E-state index is 0.305. The van der Waals surface area contributed by atoms with Crippen LogP contribution in [-0.4, -0.2) is 43.2 Å². The number of fused-ring (bicyclic) bond motifs is 1. The molecule has 0 saturated carbocycles. The predicted molar refractivity (Wildman–Crippen MR) is 137 cm³/mol. The summed E-state index contributed by atoms with van der Waals surface area (Å²) < 4.78 is 44.5. The van der Waals surface area contributed by atoms with E-state index in [0.717, 1.165) is 62.0 Å². The van der Waals surface area contributed by atoms with Gasteiger partial charge in [0.25, 0.3) is 0 Å². The van der Waals surface area contributed by atoms with Gasteiger partial charge in [0.05, 0.1) is 18.2 Å². The van der Waals surface area contributed by atoms with Crippen molar-refractivity contribution in [2.24, 2.45) is 0 Å². The molecule has 1 aromatic heterocycles. The first kappa shape index (κ1) is 23.9. The summed E-state index contributed by atoms with van der Waals surface area (Å²) in [4.78, 5) is 8.93. The van der Waals surface area contributed by atoms with Crippen molar-refractivity contribution in [3.63, 3.8) is 0 Å². The number of ether oxygens (including phenoxy) is 1. The highest BCUT2D eigenvalue weighted by Gasteiger charge is 2.30. The first-order valence-corrected chi connectivity index (χ1v) is 11.8. The molecule has 1 fully saturated rings. The Bertz CT molecular complexity index is 1330. The maximum atomic E-state index is 13.0. The largest absolute Gasteiger partial charge is 0.497 e. The van der Waals surface area contributed by atoms with Crippen molar-refractivity contribution in [3.8, 4) is 5.75 Å². The van der Waals surface area contributed by atoms with E-state index >= 15 is 0 Å². The Labute approximate surface area is 208 Å². The first-order chi connectivity index (χ1) is 17.4. The minimum atomic E-state index is -4.39. The number of aromatic nitrogens is 1. The quantitative estimate of drug-likeness (QED) is 0.341. The molecule has 0 bridgehead atoms. The van der Waals surface area contributed by atoms with Crippen LogP contribution in [0, 0.1) is 0 Å². The Hall–Kier alpha value is -3.78. The fraction of sp³-hybridized carbons (Fsp3) is 0.250. The lowest BCUT2D eigenvalue weighted by Gasteiger charge is -2.36. The summed E-state index contributed by atoms with van der Waals surface area (Å²) in [6.07, 6.45) is -2.87. The molecule has 0 amide bonds. The zero-order chi connectivity index (χ0) is 25.1. The van der Waals surface area contributed by atoms with Gasteiger partial charge in [0, 0.05) is 67.4 Å². The second-order valence-electron chi connectivity index (χ2n) is 8.87. The molecule has 0 atom stereocenters. The molecule has 4 aromatic rings. The molecule has 1 aliphatic heterocycles. The van der Waals surface area contributed by atoms with E-state index in [9.17, 15) is 13.2 Å². The van der Waals surface area contributed by atoms with Gasteiger partial charge in [0.1, 0.15) is 5.75 Å². The zero-order valence-corrected chi connectivity index (χ0v) is 19.9. The maximum absolute atomic E-state index is 13.0. The third kappa shape index (κ3) is 5.39. The molecule has 0 aliphatic carbocycles. The highest BCUT2D eigenvalue weighted by atomic mass is 19.4. The van der Waals surface area contributed by atoms with Crippen LogP contribution in [0.1, 0.15) is 11.1 Å². The molecule has 186 valence electrons. The van der Waals surface area contributed by atoms with E-state index in [-0.39, 0.29) is 0 Å². The molecule has 1 N–H and O–H groups in total. The monoisotopic (exact) mass is 492 g/mol. The van der Waals surface area contributed by atoms with Gasteiger partial charge in [-0.3, -0.25) is 9.88 Å². The fourth-order valence-electron chi connectivity index (χ4n) is 4.51. The van der Waals surface area contributed by atoms with Gasteiger partial charge in [-0.05, 0) is 48.0 Å². The van der Waals surface area contributed by atoms with Crippen LogP contribution in [0.2, 0.25) is 0 Å². The number of methoxy groups -OCH3 is 1. The number of pyridine rings is 1. The van der Waals surface area contributed by atoms with Crippen molar-refractivity contribution >= 4 is 28.0 Å². The van der Waals surface area contributed by atoms with Crippen LogP contribution < -0.4 is 15.0 Å². The molecule has 36 heavy (non-hydrogen) atoms. The van der Waals surface area contributed by atoms with Crippen molar-refractivity contribution in [2.45, 2.75) is 12.7 Å². The third-order valence-corrected chi connectivity index (χ3v) is 6.50. The van der Waals surface area contributed by atoms with Crippen molar-refractivity contribution in [3.05, 3.63) is 90.1 Å². The topological polar surface area (TPSA) is 40.6 Å². The van der Waals surface area contributed by atoms with Gasteiger partial charge in [0.2, 0.25) is 0 Å². The van der Waals surface area contributed by atoms with Crippen molar-refractivity contribution in [1.82, 2.24) is 9.88 Å². The summed E-state index contributed by atoms with van der Waals surface area (Å²) in [5.41, 5.74) is 3.59. The van der Waals surface area contributed by atoms with Gasteiger partial charge < -0.3 is 15.0 Å². The highest BCUT2D eigenvalue weighted by molar-refractivity contribution is 5.93. The van der Waals surface area contributed by atoms with E-state index in [1.54, 1.807) is 13.2 Å². The van der Waals surface area contributed by atoms with Crippen LogP contribution in [0.4, 0.5) is 30.2 Å². The third-order valence-electron chi connectivity index (χ3n) is 6.50. The summed E-state index contributed by atoms with van der Waals surface area (Å²) >= 11 is 0. The molecule has 5 nitrogen and oxygen atoms in total. The summed E-state index contributed by atoms with van der Waals surface area (Å²) in [6, 6.07) is 21.7. The summed E-state index contributed by atoms with van der Waals surface area (Å²) in [5.74, 6) is 0.870. The summed E-state index contributed by atoms with van der Waals surface area (Å²) in [5, 5.41) is 3.96. The lowest BCUT2D eigenvalue weighted by molar-refractivity contribution is -0.137. The average molecular weight is 493 g/mol. The first-order valence-electron chi connectivity index (χ1n) is 11.8. The van der Waals surface area contributed by atoms with E-state index in [4.69, 9.17) is 4.74 Å². The van der Waals surface area contributed by atoms with Crippen LogP contribution in [0.15, 0.2) is 79.0 Å². The summed E-state index contributed by atoms with van der Waals surface area (Å²) in [6.45, 7) is 4.72. The Morgan fingerprint density at radius 2 is 1.69 bits per heavy atom. The minimum Gasteiger partial charge on any atom is -0.497 e. The second kappa shape index (κ2) is 10.1. The predicted octanol–water partition coefficient (Wildman–Crippen LogP) is 6.33. The smallest absolute Gasteiger partial charge is 0.416 e. The van der Waals surface area contributed by atoms with E-state index < -0.39 is 11.7 Å². The number of nitrogens with zero attached hydrogens (tertiary/aromatic N) is 3. The average Bonchev–Trinajstić information content (AvgIpc) is 2.89. The van der Waals surface area contributed by atoms with Crippen LogP contribution >= 0.6 is 0 Å². The normalized spacial score (nSPS) is 14.7. The number of benzene rings is 3. The van der Waals surface area contributed by atoms with Gasteiger partial charge in [-0.1, -0.05) is 24.3 Å². The van der Waals surface area contributed by atoms with Crippen LogP contribution in [0.25, 0.3) is 10.9 Å². The molecule has 0 unspecified atom stereocenters. The molecule has 1 saturated heterocycles. The molecule has 8 heteroatoms. The van der Waals surface area contributed by atoms with Gasteiger partial charge in [-0.25, -0.2) is 0 Å². The Kier molecular flexibility index (Phi) is 6.69. The highest BCUT2D eigenvalue weighted by Crippen LogP contribution is 2.33. The fourth-order valence-corrected chi connectivity index (χ4v) is 4.51. The zero-order valence-electron chi connectivity index (χ0n) is 19.9. The Morgan fingerprint density at radius 1 is 0.917 bits per heavy atom. The number of nitrogens with one attached hydrogen (secondary N) is 1. The van der Waals surface area contributed by atoms with Crippen LogP contribution in [0.5, 0.6) is 5.75 Å². The number of halogens is 3. The van der Waals surface area contributed by atoms with Gasteiger partial charge in [-0.15, -0.1) is 0 Å².